The number of rotatable bonds is 7. The van der Waals surface area contributed by atoms with Gasteiger partial charge in [-0.05, 0) is 65.7 Å². The van der Waals surface area contributed by atoms with E-state index in [0.717, 1.165) is 11.4 Å². The molecule has 7 heteroatoms. The van der Waals surface area contributed by atoms with Gasteiger partial charge in [-0.25, -0.2) is 18.6 Å². The Hall–Kier alpha value is -4.00. The summed E-state index contributed by atoms with van der Waals surface area (Å²) < 4.78 is 28.8. The lowest BCUT2D eigenvalue weighted by Crippen LogP contribution is -2.22. The molecule has 0 fully saturated rings. The number of benzene rings is 3. The lowest BCUT2D eigenvalue weighted by Gasteiger charge is -2.26. The highest BCUT2D eigenvalue weighted by Crippen LogP contribution is 2.32. The average molecular weight is 419 g/mol. The number of imidazole rings is 1. The van der Waals surface area contributed by atoms with Gasteiger partial charge in [-0.3, -0.25) is 0 Å². The minimum atomic E-state index is -1.07. The van der Waals surface area contributed by atoms with E-state index >= 15 is 0 Å². The summed E-state index contributed by atoms with van der Waals surface area (Å²) in [5.74, 6) is -1.81. The quantitative estimate of drug-likeness (QED) is 0.438. The smallest absolute Gasteiger partial charge is 0.336 e. The van der Waals surface area contributed by atoms with Crippen molar-refractivity contribution in [3.8, 4) is 11.1 Å². The second-order valence-corrected chi connectivity index (χ2v) is 6.97. The van der Waals surface area contributed by atoms with E-state index in [9.17, 15) is 18.7 Å². The van der Waals surface area contributed by atoms with Crippen LogP contribution in [0.25, 0.3) is 11.1 Å². The predicted octanol–water partition coefficient (Wildman–Crippen LogP) is 5.36. The number of nitrogens with zero attached hydrogens (tertiary/aromatic N) is 3. The molecule has 0 unspecified atom stereocenters. The molecule has 1 N–H and O–H groups in total. The largest absolute Gasteiger partial charge is 0.478 e. The molecule has 1 heterocycles. The molecule has 0 bridgehead atoms. The van der Waals surface area contributed by atoms with E-state index in [0.29, 0.717) is 24.2 Å². The van der Waals surface area contributed by atoms with Gasteiger partial charge in [0, 0.05) is 36.9 Å². The van der Waals surface area contributed by atoms with Crippen LogP contribution in [0.5, 0.6) is 0 Å². The number of carbonyl (C=O) groups is 1. The van der Waals surface area contributed by atoms with Crippen molar-refractivity contribution >= 4 is 17.3 Å². The second-order valence-electron chi connectivity index (χ2n) is 6.97. The fourth-order valence-electron chi connectivity index (χ4n) is 3.42. The predicted molar refractivity (Wildman–Crippen MR) is 114 cm³/mol. The van der Waals surface area contributed by atoms with Gasteiger partial charge >= 0.3 is 5.97 Å². The molecule has 0 atom stereocenters. The summed E-state index contributed by atoms with van der Waals surface area (Å²) in [6.45, 7) is 1.15. The molecule has 0 aliphatic heterocycles. The van der Waals surface area contributed by atoms with E-state index in [2.05, 4.69) is 4.98 Å². The van der Waals surface area contributed by atoms with E-state index in [-0.39, 0.29) is 11.4 Å². The summed E-state index contributed by atoms with van der Waals surface area (Å²) in [5, 5.41) is 9.65. The van der Waals surface area contributed by atoms with Crippen molar-refractivity contribution < 1.29 is 18.7 Å². The van der Waals surface area contributed by atoms with Gasteiger partial charge < -0.3 is 14.6 Å². The maximum absolute atomic E-state index is 13.5. The van der Waals surface area contributed by atoms with Gasteiger partial charge in [0.25, 0.3) is 0 Å². The zero-order chi connectivity index (χ0) is 21.8. The fourth-order valence-corrected chi connectivity index (χ4v) is 3.42. The zero-order valence-corrected chi connectivity index (χ0v) is 16.5. The summed E-state index contributed by atoms with van der Waals surface area (Å²) in [6, 6.07) is 16.8. The molecule has 0 aliphatic carbocycles. The number of hydrogen-bond donors (Lipinski definition) is 1. The average Bonchev–Trinajstić information content (AvgIpc) is 3.29. The van der Waals surface area contributed by atoms with Crippen molar-refractivity contribution in [2.24, 2.45) is 0 Å². The van der Waals surface area contributed by atoms with E-state index in [4.69, 9.17) is 0 Å². The Morgan fingerprint density at radius 1 is 0.935 bits per heavy atom. The third kappa shape index (κ3) is 4.61. The third-order valence-corrected chi connectivity index (χ3v) is 4.98. The number of carboxylic acid groups (broad SMARTS) is 1. The minimum absolute atomic E-state index is 0.115. The Bertz CT molecular complexity index is 1170. The Morgan fingerprint density at radius 2 is 1.58 bits per heavy atom. The molecular formula is C24H19F2N3O2. The zero-order valence-electron chi connectivity index (χ0n) is 16.5. The molecule has 0 aliphatic rings. The lowest BCUT2D eigenvalue weighted by molar-refractivity contribution is 0.0697. The van der Waals surface area contributed by atoms with Crippen LogP contribution in [0.3, 0.4) is 0 Å². The van der Waals surface area contributed by atoms with Crippen LogP contribution < -0.4 is 4.90 Å². The highest BCUT2D eigenvalue weighted by atomic mass is 19.1. The summed E-state index contributed by atoms with van der Waals surface area (Å²) in [4.78, 5) is 17.8. The molecule has 0 saturated carbocycles. The van der Waals surface area contributed by atoms with Crippen LogP contribution in [0.1, 0.15) is 10.4 Å². The van der Waals surface area contributed by atoms with Gasteiger partial charge in [0.2, 0.25) is 0 Å². The van der Waals surface area contributed by atoms with Gasteiger partial charge in [0.05, 0.1) is 11.9 Å². The first-order chi connectivity index (χ1) is 15.0. The number of aromatic carboxylic acids is 1. The topological polar surface area (TPSA) is 58.4 Å². The standard InChI is InChI=1S/C24H19F2N3O2/c25-18-3-1-17(2-4-18)23-15-21(9-10-22(23)24(30)31)29(14-13-28-12-11-27-16-28)20-7-5-19(26)6-8-20/h1-12,15-16H,13-14H2,(H,30,31). The molecule has 0 spiro atoms. The highest BCUT2D eigenvalue weighted by molar-refractivity contribution is 5.97. The summed E-state index contributed by atoms with van der Waals surface area (Å²) in [5.41, 5.74) is 2.67. The van der Waals surface area contributed by atoms with E-state index in [1.54, 1.807) is 48.9 Å². The molecule has 1 aromatic heterocycles. The van der Waals surface area contributed by atoms with Crippen LogP contribution in [0.4, 0.5) is 20.2 Å². The number of hydrogen-bond acceptors (Lipinski definition) is 3. The van der Waals surface area contributed by atoms with Crippen LogP contribution in [-0.2, 0) is 6.54 Å². The molecule has 156 valence electrons. The molecule has 0 saturated heterocycles. The van der Waals surface area contributed by atoms with Gasteiger partial charge in [0.15, 0.2) is 0 Å². The van der Waals surface area contributed by atoms with E-state index < -0.39 is 11.8 Å². The van der Waals surface area contributed by atoms with Gasteiger partial charge in [0.1, 0.15) is 11.6 Å². The molecule has 5 nitrogen and oxygen atoms in total. The molecule has 3 aromatic carbocycles. The van der Waals surface area contributed by atoms with E-state index in [1.807, 2.05) is 15.7 Å². The van der Waals surface area contributed by atoms with Crippen molar-refractivity contribution in [2.75, 3.05) is 11.4 Å². The summed E-state index contributed by atoms with van der Waals surface area (Å²) in [7, 11) is 0. The first kappa shape index (κ1) is 20.3. The Morgan fingerprint density at radius 3 is 2.19 bits per heavy atom. The van der Waals surface area contributed by atoms with Crippen molar-refractivity contribution in [3.05, 3.63) is 103 Å². The van der Waals surface area contributed by atoms with Crippen LogP contribution >= 0.6 is 0 Å². The lowest BCUT2D eigenvalue weighted by atomic mass is 9.98. The van der Waals surface area contributed by atoms with E-state index in [1.165, 1.54) is 30.3 Å². The first-order valence-corrected chi connectivity index (χ1v) is 9.63. The fraction of sp³-hybridized carbons (Fsp3) is 0.0833. The molecule has 0 amide bonds. The number of carboxylic acids is 1. The third-order valence-electron chi connectivity index (χ3n) is 4.98. The maximum atomic E-state index is 13.5. The van der Waals surface area contributed by atoms with Gasteiger partial charge in [-0.2, -0.15) is 0 Å². The Balaban J connectivity index is 1.77. The van der Waals surface area contributed by atoms with Crippen LogP contribution in [0.2, 0.25) is 0 Å². The molecule has 31 heavy (non-hydrogen) atoms. The Labute approximate surface area is 177 Å². The normalized spacial score (nSPS) is 10.8. The monoisotopic (exact) mass is 419 g/mol. The van der Waals surface area contributed by atoms with Crippen molar-refractivity contribution in [3.63, 3.8) is 0 Å². The molecular weight excluding hydrogens is 400 g/mol. The van der Waals surface area contributed by atoms with Crippen molar-refractivity contribution in [1.82, 2.24) is 9.55 Å². The second kappa shape index (κ2) is 8.79. The van der Waals surface area contributed by atoms with Gasteiger partial charge in [-0.15, -0.1) is 0 Å². The minimum Gasteiger partial charge on any atom is -0.478 e. The number of aromatic nitrogens is 2. The van der Waals surface area contributed by atoms with Crippen molar-refractivity contribution in [1.29, 1.82) is 0 Å². The SMILES string of the molecule is O=C(O)c1ccc(N(CCn2ccnc2)c2ccc(F)cc2)cc1-c1ccc(F)cc1. The highest BCUT2D eigenvalue weighted by Gasteiger charge is 2.17. The molecule has 0 radical (unpaired) electrons. The van der Waals surface area contributed by atoms with Crippen molar-refractivity contribution in [2.45, 2.75) is 6.54 Å². The number of anilines is 2. The molecule has 4 rings (SSSR count). The summed E-state index contributed by atoms with van der Waals surface area (Å²) in [6.07, 6.45) is 5.25. The molecule has 4 aromatic rings. The maximum Gasteiger partial charge on any atom is 0.336 e. The van der Waals surface area contributed by atoms with Crippen LogP contribution in [0.15, 0.2) is 85.5 Å². The summed E-state index contributed by atoms with van der Waals surface area (Å²) >= 11 is 0. The number of halogens is 2. The first-order valence-electron chi connectivity index (χ1n) is 9.63. The Kier molecular flexibility index (Phi) is 5.75. The van der Waals surface area contributed by atoms with Gasteiger partial charge in [-0.1, -0.05) is 12.1 Å². The van der Waals surface area contributed by atoms with Crippen LogP contribution in [0, 0.1) is 11.6 Å². The van der Waals surface area contributed by atoms with Crippen LogP contribution in [-0.4, -0.2) is 27.2 Å².